The first-order chi connectivity index (χ1) is 10.1. The van der Waals surface area contributed by atoms with E-state index in [4.69, 9.17) is 0 Å². The Labute approximate surface area is 124 Å². The van der Waals surface area contributed by atoms with Gasteiger partial charge in [-0.2, -0.15) is 0 Å². The molecule has 2 rings (SSSR count). The number of carbonyl (C=O) groups is 2. The van der Waals surface area contributed by atoms with E-state index in [1.807, 2.05) is 38.1 Å². The molecule has 2 amide bonds. The average Bonchev–Trinajstić information content (AvgIpc) is 2.50. The number of amides is 2. The Balaban J connectivity index is 2.10. The lowest BCUT2D eigenvalue weighted by atomic mass is 10.1. The highest BCUT2D eigenvalue weighted by Gasteiger charge is 2.16. The van der Waals surface area contributed by atoms with E-state index < -0.39 is 11.8 Å². The normalized spacial score (nSPS) is 10.0. The Morgan fingerprint density at radius 3 is 2.24 bits per heavy atom. The molecule has 0 bridgehead atoms. The fraction of sp³-hybridized carbons (Fsp3) is 0.176. The Morgan fingerprint density at radius 2 is 1.57 bits per heavy atom. The first-order valence-corrected chi connectivity index (χ1v) is 6.87. The van der Waals surface area contributed by atoms with Crippen LogP contribution < -0.4 is 10.6 Å². The summed E-state index contributed by atoms with van der Waals surface area (Å²) in [6.45, 7) is 3.92. The molecule has 2 aromatic carbocycles. The number of hydrogen-bond acceptors (Lipinski definition) is 2. The van der Waals surface area contributed by atoms with Crippen molar-refractivity contribution < 1.29 is 9.59 Å². The van der Waals surface area contributed by atoms with Gasteiger partial charge in [0, 0.05) is 11.4 Å². The molecule has 0 atom stereocenters. The number of anilines is 2. The van der Waals surface area contributed by atoms with Crippen LogP contribution in [0.5, 0.6) is 0 Å². The van der Waals surface area contributed by atoms with Crippen molar-refractivity contribution in [2.75, 3.05) is 10.6 Å². The molecular formula is C17H18N2O2. The van der Waals surface area contributed by atoms with E-state index in [1.54, 1.807) is 24.3 Å². The summed E-state index contributed by atoms with van der Waals surface area (Å²) >= 11 is 0. The summed E-state index contributed by atoms with van der Waals surface area (Å²) < 4.78 is 0. The number of rotatable bonds is 3. The van der Waals surface area contributed by atoms with Gasteiger partial charge in [-0.3, -0.25) is 9.59 Å². The summed E-state index contributed by atoms with van der Waals surface area (Å²) in [7, 11) is 0. The van der Waals surface area contributed by atoms with Gasteiger partial charge in [-0.15, -0.1) is 0 Å². The summed E-state index contributed by atoms with van der Waals surface area (Å²) in [4.78, 5) is 23.9. The molecule has 2 N–H and O–H groups in total. The average molecular weight is 282 g/mol. The zero-order valence-corrected chi connectivity index (χ0v) is 12.1. The lowest BCUT2D eigenvalue weighted by Gasteiger charge is -2.12. The van der Waals surface area contributed by atoms with Gasteiger partial charge in [0.1, 0.15) is 0 Å². The van der Waals surface area contributed by atoms with E-state index in [-0.39, 0.29) is 0 Å². The second kappa shape index (κ2) is 6.70. The predicted octanol–water partition coefficient (Wildman–Crippen LogP) is 3.13. The van der Waals surface area contributed by atoms with Gasteiger partial charge >= 0.3 is 11.8 Å². The van der Waals surface area contributed by atoms with Crippen LogP contribution in [0.1, 0.15) is 18.1 Å². The third-order valence-electron chi connectivity index (χ3n) is 3.22. The van der Waals surface area contributed by atoms with E-state index in [1.165, 1.54) is 0 Å². The summed E-state index contributed by atoms with van der Waals surface area (Å²) in [5.74, 6) is -1.34. The maximum absolute atomic E-state index is 12.0. The summed E-state index contributed by atoms with van der Waals surface area (Å²) in [6.07, 6.45) is 0.789. The van der Waals surface area contributed by atoms with E-state index >= 15 is 0 Å². The molecule has 4 nitrogen and oxygen atoms in total. The zero-order chi connectivity index (χ0) is 15.2. The third kappa shape index (κ3) is 3.69. The van der Waals surface area contributed by atoms with Crippen LogP contribution in [0.2, 0.25) is 0 Å². The number of para-hydroxylation sites is 2. The quantitative estimate of drug-likeness (QED) is 0.850. The Hall–Kier alpha value is -2.62. The van der Waals surface area contributed by atoms with Crippen molar-refractivity contribution in [2.45, 2.75) is 20.3 Å². The van der Waals surface area contributed by atoms with Crippen LogP contribution in [-0.4, -0.2) is 11.8 Å². The summed E-state index contributed by atoms with van der Waals surface area (Å²) in [6, 6.07) is 14.7. The van der Waals surface area contributed by atoms with Crippen LogP contribution >= 0.6 is 0 Å². The van der Waals surface area contributed by atoms with E-state index in [0.29, 0.717) is 11.4 Å². The smallest absolute Gasteiger partial charge is 0.314 e. The highest BCUT2D eigenvalue weighted by Crippen LogP contribution is 2.21. The molecule has 0 aliphatic heterocycles. The SMILES string of the molecule is CCc1cccc(C)c1NC(=O)C(=O)Nc1ccccc1. The van der Waals surface area contributed by atoms with Crippen LogP contribution in [0.4, 0.5) is 11.4 Å². The van der Waals surface area contributed by atoms with Crippen molar-refractivity contribution >= 4 is 23.2 Å². The van der Waals surface area contributed by atoms with Crippen LogP contribution in [0.3, 0.4) is 0 Å². The van der Waals surface area contributed by atoms with Gasteiger partial charge in [0.15, 0.2) is 0 Å². The number of nitrogens with one attached hydrogen (secondary N) is 2. The van der Waals surface area contributed by atoms with Crippen molar-refractivity contribution in [1.82, 2.24) is 0 Å². The van der Waals surface area contributed by atoms with Crippen molar-refractivity contribution in [1.29, 1.82) is 0 Å². The lowest BCUT2D eigenvalue weighted by molar-refractivity contribution is -0.133. The lowest BCUT2D eigenvalue weighted by Crippen LogP contribution is -2.29. The fourth-order valence-corrected chi connectivity index (χ4v) is 2.08. The molecule has 0 aromatic heterocycles. The molecule has 0 saturated heterocycles. The van der Waals surface area contributed by atoms with Gasteiger partial charge in [0.25, 0.3) is 0 Å². The monoisotopic (exact) mass is 282 g/mol. The van der Waals surface area contributed by atoms with E-state index in [0.717, 1.165) is 17.5 Å². The molecular weight excluding hydrogens is 264 g/mol. The van der Waals surface area contributed by atoms with Crippen molar-refractivity contribution in [3.8, 4) is 0 Å². The molecule has 21 heavy (non-hydrogen) atoms. The molecule has 0 aliphatic carbocycles. The van der Waals surface area contributed by atoms with Gasteiger partial charge in [-0.1, -0.05) is 43.3 Å². The second-order valence-corrected chi connectivity index (χ2v) is 4.74. The number of hydrogen-bond donors (Lipinski definition) is 2. The highest BCUT2D eigenvalue weighted by atomic mass is 16.2. The van der Waals surface area contributed by atoms with Crippen molar-refractivity contribution in [2.24, 2.45) is 0 Å². The van der Waals surface area contributed by atoms with Crippen LogP contribution in [0, 0.1) is 6.92 Å². The maximum atomic E-state index is 12.0. The molecule has 0 saturated carbocycles. The van der Waals surface area contributed by atoms with Gasteiger partial charge in [0.2, 0.25) is 0 Å². The minimum Gasteiger partial charge on any atom is -0.318 e. The molecule has 0 aliphatic rings. The Morgan fingerprint density at radius 1 is 0.905 bits per heavy atom. The van der Waals surface area contributed by atoms with E-state index in [2.05, 4.69) is 10.6 Å². The van der Waals surface area contributed by atoms with Crippen molar-refractivity contribution in [3.05, 3.63) is 59.7 Å². The largest absolute Gasteiger partial charge is 0.318 e. The number of benzene rings is 2. The minimum atomic E-state index is -0.675. The molecule has 2 aromatic rings. The Kier molecular flexibility index (Phi) is 4.72. The zero-order valence-electron chi connectivity index (χ0n) is 12.1. The fourth-order valence-electron chi connectivity index (χ4n) is 2.08. The summed E-state index contributed by atoms with van der Waals surface area (Å²) in [5, 5.41) is 5.27. The van der Waals surface area contributed by atoms with Crippen LogP contribution in [-0.2, 0) is 16.0 Å². The molecule has 0 fully saturated rings. The molecule has 108 valence electrons. The third-order valence-corrected chi connectivity index (χ3v) is 3.22. The summed E-state index contributed by atoms with van der Waals surface area (Å²) in [5.41, 5.74) is 3.26. The topological polar surface area (TPSA) is 58.2 Å². The number of carbonyl (C=O) groups excluding carboxylic acids is 2. The Bertz CT molecular complexity index is 651. The molecule has 0 spiro atoms. The minimum absolute atomic E-state index is 0.596. The van der Waals surface area contributed by atoms with Gasteiger partial charge in [0.05, 0.1) is 0 Å². The van der Waals surface area contributed by atoms with Crippen LogP contribution in [0.15, 0.2) is 48.5 Å². The van der Waals surface area contributed by atoms with E-state index in [9.17, 15) is 9.59 Å². The van der Waals surface area contributed by atoms with Gasteiger partial charge in [-0.05, 0) is 36.6 Å². The highest BCUT2D eigenvalue weighted by molar-refractivity contribution is 6.43. The molecule has 0 radical (unpaired) electrons. The maximum Gasteiger partial charge on any atom is 0.314 e. The first-order valence-electron chi connectivity index (χ1n) is 6.87. The standard InChI is InChI=1S/C17H18N2O2/c1-3-13-9-7-8-12(2)15(13)19-17(21)16(20)18-14-10-5-4-6-11-14/h4-11H,3H2,1-2H3,(H,18,20)(H,19,21). The first kappa shape index (κ1) is 14.8. The predicted molar refractivity (Wildman–Crippen MR) is 84.3 cm³/mol. The molecule has 0 heterocycles. The number of aryl methyl sites for hydroxylation is 2. The second-order valence-electron chi connectivity index (χ2n) is 4.74. The molecule has 4 heteroatoms. The van der Waals surface area contributed by atoms with Crippen LogP contribution in [0.25, 0.3) is 0 Å². The van der Waals surface area contributed by atoms with Gasteiger partial charge < -0.3 is 10.6 Å². The molecule has 0 unspecified atom stereocenters. The van der Waals surface area contributed by atoms with Gasteiger partial charge in [-0.25, -0.2) is 0 Å². The van der Waals surface area contributed by atoms with Crippen molar-refractivity contribution in [3.63, 3.8) is 0 Å².